The lowest BCUT2D eigenvalue weighted by atomic mass is 10.2. The van der Waals surface area contributed by atoms with Gasteiger partial charge in [0.2, 0.25) is 6.79 Å². The van der Waals surface area contributed by atoms with E-state index in [1.807, 2.05) is 13.0 Å². The molecule has 0 amide bonds. The Labute approximate surface area is 168 Å². The smallest absolute Gasteiger partial charge is 0.283 e. The standard InChI is InChI=1S/C20H21N3O5S/c1-14-2-4-15(5-3-14)29(24,25)23-18-11-20-19(27-13-28-20)10-16(18)17(21-23)12-22-6-8-26-9-7-22/h2-5,10-11H,6-9,12-13H2,1H3. The molecule has 2 aliphatic rings. The predicted molar refractivity (Wildman–Crippen MR) is 106 cm³/mol. The predicted octanol–water partition coefficient (Wildman–Crippen LogP) is 2.14. The highest BCUT2D eigenvalue weighted by molar-refractivity contribution is 7.90. The Bertz CT molecular complexity index is 1170. The van der Waals surface area contributed by atoms with Gasteiger partial charge in [0.15, 0.2) is 11.5 Å². The molecular formula is C20H21N3O5S. The second kappa shape index (κ2) is 7.01. The molecule has 0 N–H and O–H groups in total. The third-order valence-electron chi connectivity index (χ3n) is 5.24. The van der Waals surface area contributed by atoms with E-state index in [0.29, 0.717) is 42.5 Å². The van der Waals surface area contributed by atoms with Gasteiger partial charge in [0, 0.05) is 31.1 Å². The molecule has 0 saturated carbocycles. The van der Waals surface area contributed by atoms with E-state index in [2.05, 4.69) is 10.00 Å². The molecule has 2 aliphatic heterocycles. The fourth-order valence-corrected chi connectivity index (χ4v) is 4.91. The third-order valence-corrected chi connectivity index (χ3v) is 6.84. The molecule has 29 heavy (non-hydrogen) atoms. The molecule has 1 saturated heterocycles. The van der Waals surface area contributed by atoms with Gasteiger partial charge in [0.25, 0.3) is 10.0 Å². The quantitative estimate of drug-likeness (QED) is 0.646. The zero-order chi connectivity index (χ0) is 20.0. The van der Waals surface area contributed by atoms with Crippen LogP contribution in [-0.2, 0) is 21.3 Å². The summed E-state index contributed by atoms with van der Waals surface area (Å²) < 4.78 is 44.2. The van der Waals surface area contributed by atoms with Crippen LogP contribution in [0.25, 0.3) is 10.9 Å². The largest absolute Gasteiger partial charge is 0.454 e. The first kappa shape index (κ1) is 18.4. The first-order chi connectivity index (χ1) is 14.0. The van der Waals surface area contributed by atoms with Crippen molar-refractivity contribution in [3.05, 3.63) is 47.7 Å². The maximum absolute atomic E-state index is 13.4. The summed E-state index contributed by atoms with van der Waals surface area (Å²) in [7, 11) is -3.85. The highest BCUT2D eigenvalue weighted by atomic mass is 32.2. The van der Waals surface area contributed by atoms with Crippen molar-refractivity contribution in [2.75, 3.05) is 33.1 Å². The normalized spacial score (nSPS) is 17.1. The zero-order valence-electron chi connectivity index (χ0n) is 16.0. The van der Waals surface area contributed by atoms with E-state index in [-0.39, 0.29) is 11.7 Å². The van der Waals surface area contributed by atoms with Crippen molar-refractivity contribution in [3.8, 4) is 11.5 Å². The number of ether oxygens (including phenoxy) is 3. The molecule has 0 aliphatic carbocycles. The van der Waals surface area contributed by atoms with E-state index in [1.54, 1.807) is 30.3 Å². The Morgan fingerprint density at radius 1 is 1.03 bits per heavy atom. The molecule has 1 fully saturated rings. The van der Waals surface area contributed by atoms with Crippen LogP contribution < -0.4 is 9.47 Å². The van der Waals surface area contributed by atoms with Gasteiger partial charge in [0.05, 0.1) is 29.3 Å². The van der Waals surface area contributed by atoms with Gasteiger partial charge in [-0.3, -0.25) is 4.90 Å². The van der Waals surface area contributed by atoms with Crippen LogP contribution in [0.15, 0.2) is 41.3 Å². The Morgan fingerprint density at radius 2 is 1.72 bits per heavy atom. The Morgan fingerprint density at radius 3 is 2.45 bits per heavy atom. The first-order valence-electron chi connectivity index (χ1n) is 9.46. The number of aryl methyl sites for hydroxylation is 1. The summed E-state index contributed by atoms with van der Waals surface area (Å²) in [6.07, 6.45) is 0. The van der Waals surface area contributed by atoms with Crippen molar-refractivity contribution < 1.29 is 22.6 Å². The summed E-state index contributed by atoms with van der Waals surface area (Å²) in [5.41, 5.74) is 2.17. The van der Waals surface area contributed by atoms with Gasteiger partial charge >= 0.3 is 0 Å². The summed E-state index contributed by atoms with van der Waals surface area (Å²) in [6.45, 7) is 5.46. The van der Waals surface area contributed by atoms with Gasteiger partial charge in [-0.15, -0.1) is 0 Å². The maximum atomic E-state index is 13.4. The lowest BCUT2D eigenvalue weighted by Crippen LogP contribution is -2.35. The summed E-state index contributed by atoms with van der Waals surface area (Å²) in [5, 5.41) is 5.28. The minimum absolute atomic E-state index is 0.124. The summed E-state index contributed by atoms with van der Waals surface area (Å²) >= 11 is 0. The third kappa shape index (κ3) is 3.25. The molecule has 0 bridgehead atoms. The number of rotatable bonds is 4. The molecule has 9 heteroatoms. The van der Waals surface area contributed by atoms with Crippen molar-refractivity contribution in [1.82, 2.24) is 14.1 Å². The number of hydrogen-bond acceptors (Lipinski definition) is 7. The van der Waals surface area contributed by atoms with Crippen molar-refractivity contribution in [1.29, 1.82) is 0 Å². The topological polar surface area (TPSA) is 82.9 Å². The zero-order valence-corrected chi connectivity index (χ0v) is 16.8. The van der Waals surface area contributed by atoms with Gasteiger partial charge in [-0.25, -0.2) is 0 Å². The Kier molecular flexibility index (Phi) is 4.45. The van der Waals surface area contributed by atoms with Gasteiger partial charge < -0.3 is 14.2 Å². The van der Waals surface area contributed by atoms with Crippen LogP contribution in [0.3, 0.4) is 0 Å². The van der Waals surface area contributed by atoms with E-state index in [9.17, 15) is 8.42 Å². The fraction of sp³-hybridized carbons (Fsp3) is 0.350. The molecule has 0 unspecified atom stereocenters. The van der Waals surface area contributed by atoms with Crippen LogP contribution in [0, 0.1) is 6.92 Å². The molecule has 2 aromatic carbocycles. The van der Waals surface area contributed by atoms with Crippen LogP contribution in [0.4, 0.5) is 0 Å². The number of nitrogens with zero attached hydrogens (tertiary/aromatic N) is 3. The fourth-order valence-electron chi connectivity index (χ4n) is 3.62. The van der Waals surface area contributed by atoms with Gasteiger partial charge in [-0.05, 0) is 25.1 Å². The lowest BCUT2D eigenvalue weighted by molar-refractivity contribution is 0.0338. The number of aromatic nitrogens is 2. The van der Waals surface area contributed by atoms with Crippen LogP contribution in [0.1, 0.15) is 11.3 Å². The average Bonchev–Trinajstić information content (AvgIpc) is 3.32. The first-order valence-corrected chi connectivity index (χ1v) is 10.9. The molecule has 0 atom stereocenters. The molecule has 152 valence electrons. The van der Waals surface area contributed by atoms with Crippen molar-refractivity contribution in [2.45, 2.75) is 18.4 Å². The monoisotopic (exact) mass is 415 g/mol. The van der Waals surface area contributed by atoms with Gasteiger partial charge in [-0.2, -0.15) is 17.6 Å². The van der Waals surface area contributed by atoms with Crippen molar-refractivity contribution in [2.24, 2.45) is 0 Å². The second-order valence-corrected chi connectivity index (χ2v) is 8.99. The van der Waals surface area contributed by atoms with Gasteiger partial charge in [0.1, 0.15) is 0 Å². The molecule has 3 aromatic rings. The minimum atomic E-state index is -3.85. The number of morpholine rings is 1. The molecule has 3 heterocycles. The molecule has 0 radical (unpaired) electrons. The van der Waals surface area contributed by atoms with E-state index in [0.717, 1.165) is 28.1 Å². The van der Waals surface area contributed by atoms with Crippen LogP contribution in [-0.4, -0.2) is 55.6 Å². The van der Waals surface area contributed by atoms with Gasteiger partial charge in [-0.1, -0.05) is 17.7 Å². The molecule has 0 spiro atoms. The molecule has 1 aromatic heterocycles. The van der Waals surface area contributed by atoms with Crippen LogP contribution in [0.2, 0.25) is 0 Å². The second-order valence-electron chi connectivity index (χ2n) is 7.22. The highest BCUT2D eigenvalue weighted by Crippen LogP contribution is 2.38. The number of hydrogen-bond donors (Lipinski definition) is 0. The Hall–Kier alpha value is -2.62. The SMILES string of the molecule is Cc1ccc(S(=O)(=O)n2nc(CN3CCOCC3)c3cc4c(cc32)OCO4)cc1. The van der Waals surface area contributed by atoms with E-state index in [4.69, 9.17) is 14.2 Å². The lowest BCUT2D eigenvalue weighted by Gasteiger charge is -2.25. The Balaban J connectivity index is 1.65. The highest BCUT2D eigenvalue weighted by Gasteiger charge is 2.27. The molecular weight excluding hydrogens is 394 g/mol. The summed E-state index contributed by atoms with van der Waals surface area (Å²) in [5.74, 6) is 1.13. The van der Waals surface area contributed by atoms with Crippen molar-refractivity contribution >= 4 is 20.9 Å². The average molecular weight is 415 g/mol. The van der Waals surface area contributed by atoms with Crippen LogP contribution in [0.5, 0.6) is 11.5 Å². The maximum Gasteiger partial charge on any atom is 0.283 e. The molecule has 5 rings (SSSR count). The summed E-state index contributed by atoms with van der Waals surface area (Å²) in [4.78, 5) is 2.40. The van der Waals surface area contributed by atoms with E-state index >= 15 is 0 Å². The molecule has 8 nitrogen and oxygen atoms in total. The van der Waals surface area contributed by atoms with E-state index in [1.165, 1.54) is 0 Å². The number of fused-ring (bicyclic) bond motifs is 2. The number of benzene rings is 2. The van der Waals surface area contributed by atoms with E-state index < -0.39 is 10.0 Å². The summed E-state index contributed by atoms with van der Waals surface area (Å²) in [6, 6.07) is 10.3. The van der Waals surface area contributed by atoms with Crippen molar-refractivity contribution in [3.63, 3.8) is 0 Å². The minimum Gasteiger partial charge on any atom is -0.454 e. The van der Waals surface area contributed by atoms with Crippen LogP contribution >= 0.6 is 0 Å².